The number of carbonyl (C=O) groups excluding carboxylic acids is 2. The van der Waals surface area contributed by atoms with E-state index in [0.717, 1.165) is 22.3 Å². The molecule has 0 aliphatic carbocycles. The topological polar surface area (TPSA) is 105 Å². The fraction of sp³-hybridized carbons (Fsp3) is 0.100. The number of benzene rings is 4. The van der Waals surface area contributed by atoms with Crippen LogP contribution in [0.5, 0.6) is 11.5 Å². The summed E-state index contributed by atoms with van der Waals surface area (Å²) in [6, 6.07) is 30.3. The van der Waals surface area contributed by atoms with Gasteiger partial charge < -0.3 is 25.1 Å². The van der Waals surface area contributed by atoms with Crippen LogP contribution in [0, 0.1) is 0 Å². The van der Waals surface area contributed by atoms with E-state index >= 15 is 0 Å². The van der Waals surface area contributed by atoms with Gasteiger partial charge in [-0.05, 0) is 60.2 Å². The summed E-state index contributed by atoms with van der Waals surface area (Å²) in [6.07, 6.45) is 1.57. The lowest BCUT2D eigenvalue weighted by molar-refractivity contribution is -0.119. The van der Waals surface area contributed by atoms with E-state index in [1.54, 1.807) is 48.8 Å². The summed E-state index contributed by atoms with van der Waals surface area (Å²) in [5, 5.41) is 5.66. The fourth-order valence-corrected chi connectivity index (χ4v) is 3.83. The largest absolute Gasteiger partial charge is 0.457 e. The molecule has 0 bridgehead atoms. The van der Waals surface area contributed by atoms with Crippen LogP contribution in [-0.2, 0) is 16.1 Å². The molecular weight excluding hydrogens is 480 g/mol. The monoisotopic (exact) mass is 506 g/mol. The first-order chi connectivity index (χ1) is 18.6. The molecule has 8 nitrogen and oxygen atoms in total. The minimum atomic E-state index is -0.927. The van der Waals surface area contributed by atoms with Gasteiger partial charge in [-0.2, -0.15) is 0 Å². The summed E-state index contributed by atoms with van der Waals surface area (Å²) < 4.78 is 11.6. The van der Waals surface area contributed by atoms with E-state index < -0.39 is 17.9 Å². The number of hydrogen-bond acceptors (Lipinski definition) is 5. The van der Waals surface area contributed by atoms with Crippen LogP contribution in [0.15, 0.2) is 109 Å². The van der Waals surface area contributed by atoms with Crippen molar-refractivity contribution in [3.05, 3.63) is 121 Å². The predicted octanol–water partition coefficient (Wildman–Crippen LogP) is 5.31. The van der Waals surface area contributed by atoms with Gasteiger partial charge in [-0.1, -0.05) is 48.5 Å². The van der Waals surface area contributed by atoms with E-state index in [2.05, 4.69) is 20.6 Å². The van der Waals surface area contributed by atoms with Crippen LogP contribution < -0.4 is 15.4 Å². The Hall–Kier alpha value is -4.95. The van der Waals surface area contributed by atoms with E-state index in [1.165, 1.54) is 0 Å². The first-order valence-electron chi connectivity index (χ1n) is 12.1. The van der Waals surface area contributed by atoms with E-state index in [-0.39, 0.29) is 6.61 Å². The number of H-pyrrole nitrogens is 1. The molecule has 38 heavy (non-hydrogen) atoms. The molecule has 2 amide bonds. The van der Waals surface area contributed by atoms with Crippen LogP contribution in [0.3, 0.4) is 0 Å². The SMILES string of the molecule is O=C(NC(COCc1ccccc1)C(=O)Nc1ccc(Oc2ccccc2)cc1)c1ccc2nc[nH]c2c1. The number of rotatable bonds is 10. The molecule has 5 aromatic rings. The molecule has 5 rings (SSSR count). The van der Waals surface area contributed by atoms with Crippen molar-refractivity contribution in [2.24, 2.45) is 0 Å². The third-order valence-electron chi connectivity index (χ3n) is 5.80. The lowest BCUT2D eigenvalue weighted by atomic mass is 10.1. The van der Waals surface area contributed by atoms with E-state index in [4.69, 9.17) is 9.47 Å². The second-order valence-corrected chi connectivity index (χ2v) is 8.59. The zero-order chi connectivity index (χ0) is 26.2. The number of para-hydroxylation sites is 1. The van der Waals surface area contributed by atoms with Crippen molar-refractivity contribution in [2.75, 3.05) is 11.9 Å². The van der Waals surface area contributed by atoms with E-state index in [9.17, 15) is 9.59 Å². The first-order valence-corrected chi connectivity index (χ1v) is 12.1. The maximum Gasteiger partial charge on any atom is 0.252 e. The molecule has 190 valence electrons. The standard InChI is InChI=1S/C30H26N4O4/c35-29(22-11-16-26-27(17-22)32-20-31-26)34-28(19-37-18-21-7-3-1-4-8-21)30(36)33-23-12-14-25(15-13-23)38-24-9-5-2-6-10-24/h1-17,20,28H,18-19H2,(H,31,32)(H,33,36)(H,34,35). The Labute approximate surface area is 219 Å². The van der Waals surface area contributed by atoms with Crippen LogP contribution in [0.1, 0.15) is 15.9 Å². The molecule has 1 heterocycles. The second-order valence-electron chi connectivity index (χ2n) is 8.59. The predicted molar refractivity (Wildman–Crippen MR) is 145 cm³/mol. The first kappa shape index (κ1) is 24.7. The van der Waals surface area contributed by atoms with Gasteiger partial charge in [0, 0.05) is 11.3 Å². The molecule has 1 atom stereocenters. The molecule has 1 aromatic heterocycles. The number of carbonyl (C=O) groups is 2. The summed E-state index contributed by atoms with van der Waals surface area (Å²) in [4.78, 5) is 33.4. The smallest absolute Gasteiger partial charge is 0.252 e. The van der Waals surface area contributed by atoms with Crippen LogP contribution in [0.25, 0.3) is 11.0 Å². The summed E-state index contributed by atoms with van der Waals surface area (Å²) in [6.45, 7) is 0.306. The van der Waals surface area contributed by atoms with Crippen LogP contribution in [-0.4, -0.2) is 34.4 Å². The van der Waals surface area contributed by atoms with Gasteiger partial charge in [0.2, 0.25) is 5.91 Å². The summed E-state index contributed by atoms with van der Waals surface area (Å²) in [7, 11) is 0. The van der Waals surface area contributed by atoms with Crippen molar-refractivity contribution in [2.45, 2.75) is 12.6 Å². The highest BCUT2D eigenvalue weighted by Gasteiger charge is 2.22. The summed E-state index contributed by atoms with van der Waals surface area (Å²) in [5.74, 6) is 0.567. The normalized spacial score (nSPS) is 11.6. The molecule has 0 aliphatic rings. The molecule has 3 N–H and O–H groups in total. The van der Waals surface area contributed by atoms with Crippen molar-refractivity contribution in [3.8, 4) is 11.5 Å². The Morgan fingerprint density at radius 1 is 0.842 bits per heavy atom. The number of imidazole rings is 1. The number of fused-ring (bicyclic) bond motifs is 1. The molecule has 0 spiro atoms. The lowest BCUT2D eigenvalue weighted by Gasteiger charge is -2.19. The average Bonchev–Trinajstić information content (AvgIpc) is 3.43. The zero-order valence-electron chi connectivity index (χ0n) is 20.5. The highest BCUT2D eigenvalue weighted by Crippen LogP contribution is 2.22. The Balaban J connectivity index is 1.26. The van der Waals surface area contributed by atoms with Gasteiger partial charge in [0.15, 0.2) is 0 Å². The van der Waals surface area contributed by atoms with Crippen molar-refractivity contribution in [1.82, 2.24) is 15.3 Å². The number of nitrogens with one attached hydrogen (secondary N) is 3. The highest BCUT2D eigenvalue weighted by molar-refractivity contribution is 6.02. The van der Waals surface area contributed by atoms with Crippen LogP contribution in [0.4, 0.5) is 5.69 Å². The van der Waals surface area contributed by atoms with Gasteiger partial charge in [-0.25, -0.2) is 4.98 Å². The van der Waals surface area contributed by atoms with Gasteiger partial charge in [-0.3, -0.25) is 9.59 Å². The lowest BCUT2D eigenvalue weighted by Crippen LogP contribution is -2.46. The van der Waals surface area contributed by atoms with Gasteiger partial charge >= 0.3 is 0 Å². The maximum absolute atomic E-state index is 13.2. The summed E-state index contributed by atoms with van der Waals surface area (Å²) >= 11 is 0. The Kier molecular flexibility index (Phi) is 7.72. The Morgan fingerprint density at radius 2 is 1.55 bits per heavy atom. The van der Waals surface area contributed by atoms with Crippen LogP contribution >= 0.6 is 0 Å². The number of nitrogens with zero attached hydrogens (tertiary/aromatic N) is 1. The quantitative estimate of drug-likeness (QED) is 0.238. The van der Waals surface area contributed by atoms with Gasteiger partial charge in [-0.15, -0.1) is 0 Å². The van der Waals surface area contributed by atoms with E-state index in [1.807, 2.05) is 60.7 Å². The molecule has 0 saturated heterocycles. The van der Waals surface area contributed by atoms with Crippen molar-refractivity contribution < 1.29 is 19.1 Å². The van der Waals surface area contributed by atoms with E-state index in [0.29, 0.717) is 23.6 Å². The third-order valence-corrected chi connectivity index (χ3v) is 5.80. The third kappa shape index (κ3) is 6.43. The number of aromatic nitrogens is 2. The fourth-order valence-electron chi connectivity index (χ4n) is 3.83. The van der Waals surface area contributed by atoms with Gasteiger partial charge in [0.25, 0.3) is 5.91 Å². The Bertz CT molecular complexity index is 1500. The second kappa shape index (κ2) is 11.9. The highest BCUT2D eigenvalue weighted by atomic mass is 16.5. The van der Waals surface area contributed by atoms with Gasteiger partial charge in [0.05, 0.1) is 30.6 Å². The number of hydrogen-bond donors (Lipinski definition) is 3. The molecule has 0 radical (unpaired) electrons. The number of amides is 2. The molecular formula is C30H26N4O4. The Morgan fingerprint density at radius 3 is 2.32 bits per heavy atom. The minimum absolute atomic E-state index is 0.00598. The molecule has 0 aliphatic heterocycles. The minimum Gasteiger partial charge on any atom is -0.457 e. The molecule has 0 fully saturated rings. The number of ether oxygens (including phenoxy) is 2. The molecule has 8 heteroatoms. The number of anilines is 1. The maximum atomic E-state index is 13.2. The van der Waals surface area contributed by atoms with Crippen molar-refractivity contribution >= 4 is 28.5 Å². The van der Waals surface area contributed by atoms with Gasteiger partial charge in [0.1, 0.15) is 17.5 Å². The van der Waals surface area contributed by atoms with Crippen molar-refractivity contribution in [1.29, 1.82) is 0 Å². The van der Waals surface area contributed by atoms with Crippen LogP contribution in [0.2, 0.25) is 0 Å². The molecule has 1 unspecified atom stereocenters. The summed E-state index contributed by atoms with van der Waals surface area (Å²) in [5.41, 5.74) is 3.43. The number of aromatic amines is 1. The molecule has 4 aromatic carbocycles. The average molecular weight is 507 g/mol. The zero-order valence-corrected chi connectivity index (χ0v) is 20.5. The molecule has 0 saturated carbocycles. The van der Waals surface area contributed by atoms with Crippen molar-refractivity contribution in [3.63, 3.8) is 0 Å².